The van der Waals surface area contributed by atoms with Gasteiger partial charge in [-0.05, 0) is 101 Å². The van der Waals surface area contributed by atoms with E-state index in [1.807, 2.05) is 52.0 Å². The highest BCUT2D eigenvalue weighted by molar-refractivity contribution is 5.47. The zero-order chi connectivity index (χ0) is 19.2. The van der Waals surface area contributed by atoms with Crippen molar-refractivity contribution < 1.29 is 14.9 Å². The minimum absolute atomic E-state index is 0.279. The quantitative estimate of drug-likeness (QED) is 0.732. The van der Waals surface area contributed by atoms with Gasteiger partial charge in [0.25, 0.3) is 0 Å². The second-order valence-electron chi connectivity index (χ2n) is 7.67. The first-order valence-electron chi connectivity index (χ1n) is 8.45. The van der Waals surface area contributed by atoms with Gasteiger partial charge >= 0.3 is 0 Å². The van der Waals surface area contributed by atoms with E-state index in [0.29, 0.717) is 5.75 Å². The monoisotopic (exact) mass is 343 g/mol. The third-order valence-electron chi connectivity index (χ3n) is 4.55. The Morgan fingerprint density at radius 1 is 0.800 bits per heavy atom. The van der Waals surface area contributed by atoms with Crippen molar-refractivity contribution in [3.63, 3.8) is 0 Å². The molecule has 0 fully saturated rings. The predicted octanol–water partition coefficient (Wildman–Crippen LogP) is 4.06. The van der Waals surface area contributed by atoms with Crippen LogP contribution in [-0.4, -0.2) is 10.2 Å². The number of benzene rings is 2. The van der Waals surface area contributed by atoms with E-state index in [1.54, 1.807) is 20.8 Å². The number of hydrogen-bond acceptors (Lipinski definition) is 4. The van der Waals surface area contributed by atoms with E-state index in [9.17, 15) is 10.2 Å². The molecule has 1 unspecified atom stereocenters. The molecule has 4 nitrogen and oxygen atoms in total. The lowest BCUT2D eigenvalue weighted by Crippen LogP contribution is -2.40. The Balaban J connectivity index is 2.45. The summed E-state index contributed by atoms with van der Waals surface area (Å²) < 4.78 is 6.18. The molecule has 4 heteroatoms. The van der Waals surface area contributed by atoms with Gasteiger partial charge in [0, 0.05) is 5.56 Å². The van der Waals surface area contributed by atoms with Gasteiger partial charge in [0.2, 0.25) is 0 Å². The van der Waals surface area contributed by atoms with E-state index < -0.39 is 11.3 Å². The molecule has 0 spiro atoms. The molecule has 0 aliphatic heterocycles. The van der Waals surface area contributed by atoms with Crippen LogP contribution in [0.1, 0.15) is 54.2 Å². The maximum absolute atomic E-state index is 10.2. The predicted molar refractivity (Wildman–Crippen MR) is 101 cm³/mol. The molecule has 0 radical (unpaired) electrons. The minimum atomic E-state index is -1.05. The summed E-state index contributed by atoms with van der Waals surface area (Å²) in [4.78, 5) is 0. The molecule has 2 aromatic carbocycles. The largest absolute Gasteiger partial charge is 0.507 e. The van der Waals surface area contributed by atoms with E-state index in [1.165, 1.54) is 0 Å². The van der Waals surface area contributed by atoms with Gasteiger partial charge in [-0.15, -0.1) is 0 Å². The molecule has 25 heavy (non-hydrogen) atoms. The third kappa shape index (κ3) is 3.97. The third-order valence-corrected chi connectivity index (χ3v) is 4.55. The number of aryl methyl sites for hydroxylation is 4. The van der Waals surface area contributed by atoms with Crippen molar-refractivity contribution in [2.45, 2.75) is 59.8 Å². The van der Waals surface area contributed by atoms with Crippen molar-refractivity contribution in [3.8, 4) is 11.5 Å². The molecule has 4 N–H and O–H groups in total. The highest BCUT2D eigenvalue weighted by atomic mass is 16.5. The fourth-order valence-electron chi connectivity index (χ4n) is 2.98. The number of aliphatic hydroxyl groups is 1. The lowest BCUT2D eigenvalue weighted by atomic mass is 9.93. The second-order valence-corrected chi connectivity index (χ2v) is 7.67. The van der Waals surface area contributed by atoms with E-state index in [4.69, 9.17) is 10.5 Å². The number of rotatable bonds is 4. The van der Waals surface area contributed by atoms with Gasteiger partial charge in [0.05, 0.1) is 5.60 Å². The topological polar surface area (TPSA) is 75.7 Å². The second kappa shape index (κ2) is 6.36. The maximum atomic E-state index is 10.2. The summed E-state index contributed by atoms with van der Waals surface area (Å²) in [5.74, 6) is 0.989. The van der Waals surface area contributed by atoms with Crippen molar-refractivity contribution in [1.29, 1.82) is 0 Å². The van der Waals surface area contributed by atoms with Crippen LogP contribution in [0.3, 0.4) is 0 Å². The van der Waals surface area contributed by atoms with E-state index in [-0.39, 0.29) is 5.75 Å². The van der Waals surface area contributed by atoms with Crippen molar-refractivity contribution in [3.05, 3.63) is 57.6 Å². The Kier molecular flexibility index (Phi) is 4.90. The zero-order valence-corrected chi connectivity index (χ0v) is 16.2. The number of nitrogens with two attached hydrogens (primary N) is 1. The van der Waals surface area contributed by atoms with Crippen LogP contribution in [0.4, 0.5) is 0 Å². The summed E-state index contributed by atoms with van der Waals surface area (Å²) in [7, 11) is 0. The number of hydrogen-bond donors (Lipinski definition) is 3. The normalized spacial score (nSPS) is 14.3. The Labute approximate surface area is 150 Å². The SMILES string of the molecule is Cc1cc(C(C)(N)Oc2c(C)cc(C(C)(C)O)cc2C)cc(C)c1O. The zero-order valence-electron chi connectivity index (χ0n) is 16.2. The summed E-state index contributed by atoms with van der Waals surface area (Å²) in [6.45, 7) is 12.9. The Hall–Kier alpha value is -2.04. The average molecular weight is 343 g/mol. The van der Waals surface area contributed by atoms with Gasteiger partial charge < -0.3 is 14.9 Å². The lowest BCUT2D eigenvalue weighted by molar-refractivity contribution is 0.0773. The summed E-state index contributed by atoms with van der Waals surface area (Å²) in [6.07, 6.45) is 0. The molecule has 0 aliphatic rings. The Morgan fingerprint density at radius 2 is 1.20 bits per heavy atom. The van der Waals surface area contributed by atoms with Gasteiger partial charge in [-0.1, -0.05) is 0 Å². The van der Waals surface area contributed by atoms with E-state index in [0.717, 1.165) is 33.4 Å². The summed E-state index contributed by atoms with van der Waals surface area (Å²) >= 11 is 0. The van der Waals surface area contributed by atoms with Crippen LogP contribution in [0.15, 0.2) is 24.3 Å². The van der Waals surface area contributed by atoms with Gasteiger partial charge in [-0.3, -0.25) is 5.73 Å². The summed E-state index contributed by atoms with van der Waals surface area (Å²) in [5, 5.41) is 20.2. The first-order valence-corrected chi connectivity index (χ1v) is 8.45. The first kappa shape index (κ1) is 19.3. The lowest BCUT2D eigenvalue weighted by Gasteiger charge is -2.30. The molecule has 136 valence electrons. The highest BCUT2D eigenvalue weighted by Gasteiger charge is 2.27. The van der Waals surface area contributed by atoms with Crippen LogP contribution >= 0.6 is 0 Å². The molecular formula is C21H29NO3. The van der Waals surface area contributed by atoms with Crippen molar-refractivity contribution >= 4 is 0 Å². The van der Waals surface area contributed by atoms with Gasteiger partial charge in [-0.2, -0.15) is 0 Å². The fraction of sp³-hybridized carbons (Fsp3) is 0.429. The maximum Gasteiger partial charge on any atom is 0.181 e. The van der Waals surface area contributed by atoms with Crippen molar-refractivity contribution in [2.24, 2.45) is 5.73 Å². The summed E-state index contributed by atoms with van der Waals surface area (Å²) in [6, 6.07) is 7.54. The van der Waals surface area contributed by atoms with Crippen LogP contribution in [0.25, 0.3) is 0 Å². The fourth-order valence-corrected chi connectivity index (χ4v) is 2.98. The van der Waals surface area contributed by atoms with Crippen molar-refractivity contribution in [2.75, 3.05) is 0 Å². The molecule has 1 atom stereocenters. The molecule has 0 aromatic heterocycles. The van der Waals surface area contributed by atoms with Gasteiger partial charge in [-0.25, -0.2) is 0 Å². The van der Waals surface area contributed by atoms with Gasteiger partial charge in [0.1, 0.15) is 11.5 Å². The number of aromatic hydroxyl groups is 1. The van der Waals surface area contributed by atoms with Crippen LogP contribution in [0.5, 0.6) is 11.5 Å². The standard InChI is InChI=1S/C21H29NO3/c1-12-8-17(9-13(2)18(12)23)21(7,22)25-19-14(3)10-16(11-15(19)4)20(5,6)24/h8-11,23-24H,22H2,1-7H3. The number of ether oxygens (including phenoxy) is 1. The highest BCUT2D eigenvalue weighted by Crippen LogP contribution is 2.35. The molecule has 0 saturated carbocycles. The van der Waals surface area contributed by atoms with E-state index in [2.05, 4.69) is 0 Å². The van der Waals surface area contributed by atoms with Crippen molar-refractivity contribution in [1.82, 2.24) is 0 Å². The number of phenols is 1. The van der Waals surface area contributed by atoms with E-state index >= 15 is 0 Å². The Morgan fingerprint density at radius 3 is 1.60 bits per heavy atom. The molecule has 0 aliphatic carbocycles. The molecule has 0 heterocycles. The van der Waals surface area contributed by atoms with Gasteiger partial charge in [0.15, 0.2) is 5.72 Å². The smallest absolute Gasteiger partial charge is 0.181 e. The molecule has 2 aromatic rings. The van der Waals surface area contributed by atoms with Crippen LogP contribution in [0.2, 0.25) is 0 Å². The molecule has 2 rings (SSSR count). The van der Waals surface area contributed by atoms with Crippen LogP contribution in [0, 0.1) is 27.7 Å². The molecular weight excluding hydrogens is 314 g/mol. The number of phenolic OH excluding ortho intramolecular Hbond substituents is 1. The minimum Gasteiger partial charge on any atom is -0.507 e. The molecule has 0 bridgehead atoms. The van der Waals surface area contributed by atoms with Crippen LogP contribution in [-0.2, 0) is 11.3 Å². The Bertz CT molecular complexity index is 755. The molecule has 0 amide bonds. The first-order chi connectivity index (χ1) is 11.3. The molecule has 0 saturated heterocycles. The van der Waals surface area contributed by atoms with Crippen LogP contribution < -0.4 is 10.5 Å². The summed E-state index contributed by atoms with van der Waals surface area (Å²) in [5.41, 5.74) is 9.51. The average Bonchev–Trinajstić information content (AvgIpc) is 2.46.